The van der Waals surface area contributed by atoms with Gasteiger partial charge in [-0.3, -0.25) is 0 Å². The summed E-state index contributed by atoms with van der Waals surface area (Å²) in [5.41, 5.74) is 7.95. The van der Waals surface area contributed by atoms with Crippen LogP contribution in [0.3, 0.4) is 0 Å². The Labute approximate surface area is 239 Å². The molecule has 0 aliphatic heterocycles. The predicted molar refractivity (Wildman–Crippen MR) is 174 cm³/mol. The zero-order valence-electron chi connectivity index (χ0n) is 21.8. The van der Waals surface area contributed by atoms with Crippen molar-refractivity contribution < 1.29 is 9.44 Å². The molecule has 0 unspecified atom stereocenters. The Kier molecular flexibility index (Phi) is 4.80. The molecular weight excluding hydrogens is 521 g/mol. The highest BCUT2D eigenvalue weighted by Crippen LogP contribution is 2.46. The molecule has 191 valence electrons. The number of fused-ring (bicyclic) bond motifs is 10. The second-order valence-electron chi connectivity index (χ2n) is 10.4. The van der Waals surface area contributed by atoms with Crippen molar-refractivity contribution in [3.8, 4) is 16.8 Å². The first-order chi connectivity index (χ1) is 20.3. The molecule has 3 heterocycles. The normalized spacial score (nSPS) is 12.0. The van der Waals surface area contributed by atoms with Gasteiger partial charge < -0.3 is 14.0 Å². The number of aromatic nitrogens is 1. The Morgan fingerprint density at radius 1 is 0.561 bits per heavy atom. The summed E-state index contributed by atoms with van der Waals surface area (Å²) in [6.07, 6.45) is 0. The lowest BCUT2D eigenvalue weighted by molar-refractivity contribution is 0.613. The van der Waals surface area contributed by atoms with Crippen LogP contribution in [0.25, 0.3) is 80.7 Å². The molecule has 9 rings (SSSR count). The van der Waals surface area contributed by atoms with Crippen molar-refractivity contribution in [2.45, 2.75) is 0 Å². The molecule has 5 heteroatoms. The van der Waals surface area contributed by atoms with Crippen LogP contribution in [0.4, 0.5) is 0 Å². The molecule has 0 saturated carbocycles. The molecule has 0 bridgehead atoms. The van der Waals surface area contributed by atoms with Gasteiger partial charge >= 0.3 is 7.48 Å². The highest BCUT2D eigenvalue weighted by molar-refractivity contribution is 7.27. The highest BCUT2D eigenvalue weighted by atomic mass is 32.1. The number of furan rings is 1. The molecule has 0 atom stereocenters. The van der Waals surface area contributed by atoms with Gasteiger partial charge in [0.1, 0.15) is 5.58 Å². The van der Waals surface area contributed by atoms with Crippen LogP contribution in [-0.4, -0.2) is 17.1 Å². The molecule has 1 radical (unpaired) electrons. The smallest absolute Gasteiger partial charge is 0.330 e. The zero-order valence-corrected chi connectivity index (χ0v) is 22.7. The van der Waals surface area contributed by atoms with Crippen molar-refractivity contribution >= 4 is 88.2 Å². The van der Waals surface area contributed by atoms with Crippen LogP contribution in [0.1, 0.15) is 0 Å². The van der Waals surface area contributed by atoms with E-state index in [1.54, 1.807) is 0 Å². The first-order valence-electron chi connectivity index (χ1n) is 13.7. The van der Waals surface area contributed by atoms with Crippen molar-refractivity contribution in [3.05, 3.63) is 121 Å². The molecule has 6 aromatic carbocycles. The van der Waals surface area contributed by atoms with Crippen LogP contribution in [0.2, 0.25) is 0 Å². The van der Waals surface area contributed by atoms with Crippen LogP contribution < -0.4 is 5.46 Å². The first-order valence-corrected chi connectivity index (χ1v) is 14.5. The lowest BCUT2D eigenvalue weighted by Crippen LogP contribution is -2.13. The van der Waals surface area contributed by atoms with Crippen LogP contribution >= 0.6 is 11.3 Å². The third kappa shape index (κ3) is 3.13. The van der Waals surface area contributed by atoms with Crippen molar-refractivity contribution in [1.29, 1.82) is 0 Å². The van der Waals surface area contributed by atoms with Gasteiger partial charge in [0.05, 0.1) is 16.7 Å². The van der Waals surface area contributed by atoms with E-state index in [4.69, 9.17) is 4.42 Å². The minimum atomic E-state index is 0.674. The van der Waals surface area contributed by atoms with E-state index in [1.165, 1.54) is 42.1 Å². The SMILES string of the molecule is O[B]c1cccc2c1oc1c(-n3c4ccccc4c4c5sc6c(-c7ccccc7)cccc6c5ccc43)cccc12. The second-order valence-corrected chi connectivity index (χ2v) is 11.5. The number of benzene rings is 6. The van der Waals surface area contributed by atoms with E-state index in [-0.39, 0.29) is 0 Å². The van der Waals surface area contributed by atoms with E-state index in [9.17, 15) is 5.02 Å². The third-order valence-corrected chi connectivity index (χ3v) is 9.57. The van der Waals surface area contributed by atoms with Gasteiger partial charge in [0.2, 0.25) is 0 Å². The summed E-state index contributed by atoms with van der Waals surface area (Å²) in [7, 11) is 1.12. The average Bonchev–Trinajstić information content (AvgIpc) is 3.71. The molecule has 9 aromatic rings. The van der Waals surface area contributed by atoms with E-state index in [2.05, 4.69) is 114 Å². The topological polar surface area (TPSA) is 38.3 Å². The largest absolute Gasteiger partial charge is 0.454 e. The van der Waals surface area contributed by atoms with E-state index < -0.39 is 0 Å². The summed E-state index contributed by atoms with van der Waals surface area (Å²) in [4.78, 5) is 0. The Hall–Kier alpha value is -4.84. The number of para-hydroxylation sites is 3. The lowest BCUT2D eigenvalue weighted by Gasteiger charge is -2.08. The highest BCUT2D eigenvalue weighted by Gasteiger charge is 2.21. The molecule has 3 aromatic heterocycles. The summed E-state index contributed by atoms with van der Waals surface area (Å²) < 4.78 is 11.5. The molecule has 0 spiro atoms. The summed E-state index contributed by atoms with van der Waals surface area (Å²) in [5, 5.41) is 16.9. The molecule has 1 N–H and O–H groups in total. The first kappa shape index (κ1) is 22.9. The van der Waals surface area contributed by atoms with Crippen molar-refractivity contribution in [1.82, 2.24) is 4.57 Å². The van der Waals surface area contributed by atoms with Gasteiger partial charge in [-0.15, -0.1) is 11.3 Å². The summed E-state index contributed by atoms with van der Waals surface area (Å²) in [6.45, 7) is 0. The van der Waals surface area contributed by atoms with Crippen LogP contribution in [0.15, 0.2) is 126 Å². The Morgan fingerprint density at radius 3 is 2.15 bits per heavy atom. The van der Waals surface area contributed by atoms with Gasteiger partial charge in [0.25, 0.3) is 0 Å². The van der Waals surface area contributed by atoms with E-state index in [1.807, 2.05) is 23.5 Å². The molecule has 0 fully saturated rings. The maximum atomic E-state index is 9.86. The third-order valence-electron chi connectivity index (χ3n) is 8.30. The molecule has 0 saturated heterocycles. The lowest BCUT2D eigenvalue weighted by atomic mass is 9.87. The van der Waals surface area contributed by atoms with Gasteiger partial charge in [-0.25, -0.2) is 0 Å². The van der Waals surface area contributed by atoms with Crippen molar-refractivity contribution in [2.24, 2.45) is 0 Å². The molecule has 0 amide bonds. The quantitative estimate of drug-likeness (QED) is 0.226. The van der Waals surface area contributed by atoms with Crippen LogP contribution in [0, 0.1) is 0 Å². The second kappa shape index (κ2) is 8.58. The molecule has 0 aliphatic rings. The summed E-state index contributed by atoms with van der Waals surface area (Å²) in [5.74, 6) is 0. The van der Waals surface area contributed by atoms with E-state index in [0.29, 0.717) is 11.0 Å². The van der Waals surface area contributed by atoms with E-state index >= 15 is 0 Å². The summed E-state index contributed by atoms with van der Waals surface area (Å²) in [6, 6.07) is 42.7. The average molecular weight is 542 g/mol. The maximum Gasteiger partial charge on any atom is 0.330 e. The molecular formula is C36H21BNO2S. The van der Waals surface area contributed by atoms with Gasteiger partial charge in [-0.2, -0.15) is 0 Å². The van der Waals surface area contributed by atoms with Gasteiger partial charge in [0.15, 0.2) is 5.58 Å². The van der Waals surface area contributed by atoms with Crippen molar-refractivity contribution in [2.75, 3.05) is 0 Å². The number of thiophene rings is 1. The fourth-order valence-corrected chi connectivity index (χ4v) is 7.91. The van der Waals surface area contributed by atoms with Gasteiger partial charge in [-0.05, 0) is 34.8 Å². The Balaban J connectivity index is 1.41. The standard InChI is InChI=1S/C36H21BNO2S/c39-37-28-16-7-13-23-24-14-8-18-31(34(24)40-33(23)28)38-29-17-5-4-11-27(29)32-30(38)20-19-26-25-15-6-12-22(35(25)41-36(26)32)21-9-2-1-3-10-21/h1-20,39H. The Bertz CT molecular complexity index is 2470. The minimum Gasteiger partial charge on any atom is -0.454 e. The van der Waals surface area contributed by atoms with Gasteiger partial charge in [0, 0.05) is 41.7 Å². The predicted octanol–water partition coefficient (Wildman–Crippen LogP) is 8.95. The molecule has 0 aliphatic carbocycles. The zero-order chi connectivity index (χ0) is 27.1. The number of hydrogen-bond donors (Lipinski definition) is 1. The van der Waals surface area contributed by atoms with Crippen molar-refractivity contribution in [3.63, 3.8) is 0 Å². The fourth-order valence-electron chi connectivity index (χ4n) is 6.52. The van der Waals surface area contributed by atoms with Crippen LogP contribution in [-0.2, 0) is 0 Å². The fraction of sp³-hybridized carbons (Fsp3) is 0. The Morgan fingerprint density at radius 2 is 1.27 bits per heavy atom. The van der Waals surface area contributed by atoms with Crippen LogP contribution in [0.5, 0.6) is 0 Å². The van der Waals surface area contributed by atoms with Gasteiger partial charge in [-0.1, -0.05) is 103 Å². The minimum absolute atomic E-state index is 0.674. The summed E-state index contributed by atoms with van der Waals surface area (Å²) >= 11 is 1.88. The van der Waals surface area contributed by atoms with E-state index in [0.717, 1.165) is 40.6 Å². The maximum absolute atomic E-state index is 9.86. The molecule has 3 nitrogen and oxygen atoms in total. The number of hydrogen-bond acceptors (Lipinski definition) is 3. The number of rotatable bonds is 3. The molecule has 41 heavy (non-hydrogen) atoms. The monoisotopic (exact) mass is 542 g/mol. The number of nitrogens with zero attached hydrogens (tertiary/aromatic N) is 1.